The fourth-order valence-electron chi connectivity index (χ4n) is 2.12. The number of hydrogen-bond donors (Lipinski definition) is 2. The summed E-state index contributed by atoms with van der Waals surface area (Å²) in [5, 5.41) is 5.36. The van der Waals surface area contributed by atoms with Crippen LogP contribution < -0.4 is 10.7 Å². The number of ether oxygens (including phenoxy) is 1. The Balaban J connectivity index is 1.80. The van der Waals surface area contributed by atoms with Gasteiger partial charge < -0.3 is 10.1 Å². The molecule has 0 saturated carbocycles. The van der Waals surface area contributed by atoms with Crippen molar-refractivity contribution in [2.75, 3.05) is 13.1 Å². The highest BCUT2D eigenvalue weighted by atomic mass is 16.6. The fraction of sp³-hybridized carbons (Fsp3) is 0.900. The predicted molar refractivity (Wildman–Crippen MR) is 56.3 cm³/mol. The maximum atomic E-state index is 11.5. The quantitative estimate of drug-likeness (QED) is 0.665. The van der Waals surface area contributed by atoms with Crippen LogP contribution in [0, 0.1) is 0 Å². The van der Waals surface area contributed by atoms with E-state index in [2.05, 4.69) is 10.7 Å². The van der Waals surface area contributed by atoms with Crippen LogP contribution in [0.3, 0.4) is 0 Å². The molecule has 2 aliphatic rings. The Bertz CT molecular complexity index is 262. The van der Waals surface area contributed by atoms with Gasteiger partial charge in [0.15, 0.2) is 0 Å². The molecule has 2 aliphatic heterocycles. The second kappa shape index (κ2) is 3.64. The first-order valence-corrected chi connectivity index (χ1v) is 5.44. The minimum absolute atomic E-state index is 0.352. The fourth-order valence-corrected chi connectivity index (χ4v) is 2.12. The van der Waals surface area contributed by atoms with E-state index >= 15 is 0 Å². The van der Waals surface area contributed by atoms with Crippen LogP contribution in [0.1, 0.15) is 27.2 Å². The molecule has 2 bridgehead atoms. The first kappa shape index (κ1) is 10.7. The van der Waals surface area contributed by atoms with Crippen LogP contribution in [0.2, 0.25) is 0 Å². The van der Waals surface area contributed by atoms with E-state index in [9.17, 15) is 4.79 Å². The van der Waals surface area contributed by atoms with E-state index in [0.717, 1.165) is 19.5 Å². The molecule has 86 valence electrons. The molecular formula is C10H19N3O2. The van der Waals surface area contributed by atoms with E-state index in [1.165, 1.54) is 0 Å². The number of carbonyl (C=O) groups excluding carboxylic acids is 1. The molecule has 2 N–H and O–H groups in total. The van der Waals surface area contributed by atoms with Crippen molar-refractivity contribution in [3.05, 3.63) is 0 Å². The lowest BCUT2D eigenvalue weighted by Crippen LogP contribution is -2.53. The summed E-state index contributed by atoms with van der Waals surface area (Å²) in [6.07, 6.45) is 0.769. The van der Waals surface area contributed by atoms with Crippen LogP contribution >= 0.6 is 0 Å². The van der Waals surface area contributed by atoms with Gasteiger partial charge in [-0.1, -0.05) is 0 Å². The van der Waals surface area contributed by atoms with Gasteiger partial charge in [-0.2, -0.15) is 0 Å². The van der Waals surface area contributed by atoms with Crippen molar-refractivity contribution in [2.24, 2.45) is 0 Å². The first-order valence-electron chi connectivity index (χ1n) is 5.44. The van der Waals surface area contributed by atoms with E-state index < -0.39 is 5.60 Å². The number of fused-ring (bicyclic) bond motifs is 2. The van der Waals surface area contributed by atoms with Gasteiger partial charge in [-0.3, -0.25) is 5.43 Å². The number of carbonyl (C=O) groups is 1. The summed E-state index contributed by atoms with van der Waals surface area (Å²) in [5.74, 6) is 0. The molecule has 0 aromatic heterocycles. The highest BCUT2D eigenvalue weighted by molar-refractivity contribution is 5.67. The second-order valence-corrected chi connectivity index (χ2v) is 5.26. The molecule has 2 rings (SSSR count). The summed E-state index contributed by atoms with van der Waals surface area (Å²) in [6.45, 7) is 7.43. The van der Waals surface area contributed by atoms with Gasteiger partial charge >= 0.3 is 6.09 Å². The lowest BCUT2D eigenvalue weighted by Gasteiger charge is -2.29. The predicted octanol–water partition coefficient (Wildman–Crippen LogP) is 0.472. The summed E-state index contributed by atoms with van der Waals surface area (Å²) in [7, 11) is 0. The minimum Gasteiger partial charge on any atom is -0.443 e. The standard InChI is InChI=1S/C10H19N3O2/c1-10(2,3)15-9(14)12-13-6-7-4-8(13)5-11-7/h7-8,11H,4-6H2,1-3H3,(H,12,14)/t7-,8-/m1/s1. The van der Waals surface area contributed by atoms with Crippen LogP contribution in [0.5, 0.6) is 0 Å². The molecule has 0 aromatic rings. The van der Waals surface area contributed by atoms with Crippen molar-refractivity contribution >= 4 is 6.09 Å². The summed E-state index contributed by atoms with van der Waals surface area (Å²) >= 11 is 0. The van der Waals surface area contributed by atoms with Crippen LogP contribution in [0.25, 0.3) is 0 Å². The number of nitrogens with zero attached hydrogens (tertiary/aromatic N) is 1. The Morgan fingerprint density at radius 2 is 2.27 bits per heavy atom. The van der Waals surface area contributed by atoms with Gasteiger partial charge in [0.2, 0.25) is 0 Å². The maximum Gasteiger partial charge on any atom is 0.422 e. The summed E-state index contributed by atoms with van der Waals surface area (Å²) in [6, 6.07) is 0.965. The third-order valence-electron chi connectivity index (χ3n) is 2.69. The van der Waals surface area contributed by atoms with Gasteiger partial charge in [-0.15, -0.1) is 0 Å². The van der Waals surface area contributed by atoms with Crippen LogP contribution in [0.4, 0.5) is 4.79 Å². The summed E-state index contributed by atoms with van der Waals surface area (Å²) in [5.41, 5.74) is 2.37. The number of nitrogens with one attached hydrogen (secondary N) is 2. The van der Waals surface area contributed by atoms with Crippen molar-refractivity contribution in [3.8, 4) is 0 Å². The number of piperazine rings is 1. The van der Waals surface area contributed by atoms with E-state index in [-0.39, 0.29) is 6.09 Å². The van der Waals surface area contributed by atoms with Crippen molar-refractivity contribution < 1.29 is 9.53 Å². The Morgan fingerprint density at radius 3 is 2.73 bits per heavy atom. The van der Waals surface area contributed by atoms with Gasteiger partial charge in [0, 0.05) is 25.2 Å². The zero-order chi connectivity index (χ0) is 11.1. The van der Waals surface area contributed by atoms with Gasteiger partial charge in [0.25, 0.3) is 0 Å². The smallest absolute Gasteiger partial charge is 0.422 e. The Morgan fingerprint density at radius 1 is 1.53 bits per heavy atom. The minimum atomic E-state index is -0.429. The summed E-state index contributed by atoms with van der Waals surface area (Å²) < 4.78 is 5.20. The van der Waals surface area contributed by atoms with Crippen molar-refractivity contribution in [1.29, 1.82) is 0 Å². The molecule has 5 heteroatoms. The lowest BCUT2D eigenvalue weighted by atomic mass is 10.2. The molecule has 2 fully saturated rings. The molecule has 0 spiro atoms. The van der Waals surface area contributed by atoms with Gasteiger partial charge in [0.05, 0.1) is 0 Å². The van der Waals surface area contributed by atoms with Crippen LogP contribution in [-0.2, 0) is 4.74 Å². The third kappa shape index (κ3) is 2.60. The molecule has 2 atom stereocenters. The Kier molecular flexibility index (Phi) is 2.60. The number of rotatable bonds is 1. The molecule has 0 unspecified atom stereocenters. The number of amides is 1. The SMILES string of the molecule is CC(C)(C)OC(=O)NN1C[C@H]2C[C@@H]1CN2. The molecule has 0 aromatic carbocycles. The largest absolute Gasteiger partial charge is 0.443 e. The van der Waals surface area contributed by atoms with Crippen molar-refractivity contribution in [1.82, 2.24) is 15.8 Å². The van der Waals surface area contributed by atoms with Gasteiger partial charge in [-0.05, 0) is 27.2 Å². The number of hydrazine groups is 1. The maximum absolute atomic E-state index is 11.5. The third-order valence-corrected chi connectivity index (χ3v) is 2.69. The first-order chi connectivity index (χ1) is 6.94. The van der Waals surface area contributed by atoms with E-state index in [1.54, 1.807) is 0 Å². The molecule has 0 radical (unpaired) electrons. The van der Waals surface area contributed by atoms with Crippen molar-refractivity contribution in [2.45, 2.75) is 44.9 Å². The van der Waals surface area contributed by atoms with Crippen LogP contribution in [0.15, 0.2) is 0 Å². The average Bonchev–Trinajstić information content (AvgIpc) is 2.60. The second-order valence-electron chi connectivity index (χ2n) is 5.26. The molecule has 5 nitrogen and oxygen atoms in total. The normalized spacial score (nSPS) is 30.6. The van der Waals surface area contributed by atoms with Crippen molar-refractivity contribution in [3.63, 3.8) is 0 Å². The number of hydrogen-bond acceptors (Lipinski definition) is 4. The monoisotopic (exact) mass is 213 g/mol. The highest BCUT2D eigenvalue weighted by Crippen LogP contribution is 2.21. The Labute approximate surface area is 90.1 Å². The average molecular weight is 213 g/mol. The molecule has 1 amide bonds. The summed E-state index contributed by atoms with van der Waals surface area (Å²) in [4.78, 5) is 11.5. The van der Waals surface area contributed by atoms with Gasteiger partial charge in [0.1, 0.15) is 5.60 Å². The Hall–Kier alpha value is -0.810. The molecule has 2 saturated heterocycles. The molecule has 0 aliphatic carbocycles. The van der Waals surface area contributed by atoms with Crippen LogP contribution in [-0.4, -0.2) is 41.9 Å². The zero-order valence-corrected chi connectivity index (χ0v) is 9.54. The highest BCUT2D eigenvalue weighted by Gasteiger charge is 2.38. The topological polar surface area (TPSA) is 53.6 Å². The lowest BCUT2D eigenvalue weighted by molar-refractivity contribution is 0.0287. The van der Waals surface area contributed by atoms with E-state index in [4.69, 9.17) is 4.74 Å². The van der Waals surface area contributed by atoms with E-state index in [0.29, 0.717) is 12.1 Å². The molecule has 15 heavy (non-hydrogen) atoms. The zero-order valence-electron chi connectivity index (χ0n) is 9.54. The van der Waals surface area contributed by atoms with Gasteiger partial charge in [-0.25, -0.2) is 9.80 Å². The van der Waals surface area contributed by atoms with E-state index in [1.807, 2.05) is 25.8 Å². The molecular weight excluding hydrogens is 194 g/mol. The molecule has 2 heterocycles.